The highest BCUT2D eigenvalue weighted by atomic mass is 16.4. The third kappa shape index (κ3) is 13.7. The van der Waals surface area contributed by atoms with Gasteiger partial charge in [-0.25, -0.2) is 0 Å². The van der Waals surface area contributed by atoms with Gasteiger partial charge in [0.25, 0.3) is 0 Å². The fourth-order valence-corrected chi connectivity index (χ4v) is 2.67. The second-order valence-electron chi connectivity index (χ2n) is 5.87. The lowest BCUT2D eigenvalue weighted by Gasteiger charge is -2.14. The van der Waals surface area contributed by atoms with Gasteiger partial charge >= 0.3 is 5.97 Å². The van der Waals surface area contributed by atoms with Crippen LogP contribution in [-0.2, 0) is 4.79 Å². The third-order valence-electron chi connectivity index (χ3n) is 3.90. The Bertz CT molecular complexity index is 201. The van der Waals surface area contributed by atoms with Crippen molar-refractivity contribution in [3.63, 3.8) is 0 Å². The van der Waals surface area contributed by atoms with Gasteiger partial charge in [0.15, 0.2) is 0 Å². The first-order valence-electron chi connectivity index (χ1n) is 8.42. The molecule has 1 N–H and O–H groups in total. The predicted molar refractivity (Wildman–Crippen MR) is 82.5 cm³/mol. The van der Waals surface area contributed by atoms with Crippen LogP contribution in [-0.4, -0.2) is 11.1 Å². The monoisotopic (exact) mass is 270 g/mol. The standard InChI is InChI=1S/C17H34O2/c1-3-5-7-9-10-12-14-16(15-17(18)19)13-11-8-6-4-2/h16H,3-15H2,1-2H3,(H,18,19). The van der Waals surface area contributed by atoms with Gasteiger partial charge in [-0.3, -0.25) is 4.79 Å². The second-order valence-corrected chi connectivity index (χ2v) is 5.87. The first kappa shape index (κ1) is 18.5. The number of carboxylic acid groups (broad SMARTS) is 1. The number of unbranched alkanes of at least 4 members (excludes halogenated alkanes) is 8. The van der Waals surface area contributed by atoms with Crippen LogP contribution in [0.5, 0.6) is 0 Å². The van der Waals surface area contributed by atoms with Gasteiger partial charge in [0, 0.05) is 6.42 Å². The molecule has 0 spiro atoms. The molecule has 0 amide bonds. The van der Waals surface area contributed by atoms with Gasteiger partial charge in [-0.1, -0.05) is 78.1 Å². The summed E-state index contributed by atoms with van der Waals surface area (Å²) < 4.78 is 0. The number of hydrogen-bond donors (Lipinski definition) is 1. The van der Waals surface area contributed by atoms with Gasteiger partial charge in [0.1, 0.15) is 0 Å². The zero-order valence-electron chi connectivity index (χ0n) is 13.1. The van der Waals surface area contributed by atoms with Gasteiger partial charge < -0.3 is 5.11 Å². The van der Waals surface area contributed by atoms with Crippen LogP contribution < -0.4 is 0 Å². The molecule has 0 aliphatic rings. The minimum atomic E-state index is -0.619. The molecule has 1 unspecified atom stereocenters. The van der Waals surface area contributed by atoms with Crippen LogP contribution in [0.3, 0.4) is 0 Å². The van der Waals surface area contributed by atoms with Gasteiger partial charge in [-0.15, -0.1) is 0 Å². The average Bonchev–Trinajstić information content (AvgIpc) is 2.37. The average molecular weight is 270 g/mol. The highest BCUT2D eigenvalue weighted by Crippen LogP contribution is 2.21. The van der Waals surface area contributed by atoms with E-state index in [9.17, 15) is 4.79 Å². The molecule has 0 aromatic rings. The minimum absolute atomic E-state index is 0.376. The Balaban J connectivity index is 3.64. The minimum Gasteiger partial charge on any atom is -0.481 e. The summed E-state index contributed by atoms with van der Waals surface area (Å²) in [5.74, 6) is -0.202. The quantitative estimate of drug-likeness (QED) is 0.405. The summed E-state index contributed by atoms with van der Waals surface area (Å²) in [6.45, 7) is 4.45. The molecular formula is C17H34O2. The van der Waals surface area contributed by atoms with Crippen LogP contribution in [0.1, 0.15) is 97.3 Å². The molecule has 114 valence electrons. The first-order valence-corrected chi connectivity index (χ1v) is 8.42. The van der Waals surface area contributed by atoms with Crippen molar-refractivity contribution in [2.75, 3.05) is 0 Å². The molecule has 2 heteroatoms. The topological polar surface area (TPSA) is 37.3 Å². The van der Waals surface area contributed by atoms with Crippen LogP contribution in [0, 0.1) is 5.92 Å². The van der Waals surface area contributed by atoms with Crippen molar-refractivity contribution < 1.29 is 9.90 Å². The molecule has 0 aliphatic carbocycles. The van der Waals surface area contributed by atoms with Gasteiger partial charge in [-0.05, 0) is 18.8 Å². The molecule has 0 fully saturated rings. The molecule has 0 rings (SSSR count). The second kappa shape index (κ2) is 13.9. The van der Waals surface area contributed by atoms with E-state index in [1.54, 1.807) is 0 Å². The zero-order valence-corrected chi connectivity index (χ0v) is 13.1. The maximum Gasteiger partial charge on any atom is 0.303 e. The van der Waals surface area contributed by atoms with Crippen molar-refractivity contribution in [2.24, 2.45) is 5.92 Å². The smallest absolute Gasteiger partial charge is 0.303 e. The summed E-state index contributed by atoms with van der Waals surface area (Å²) in [7, 11) is 0. The lowest BCUT2D eigenvalue weighted by atomic mass is 9.91. The van der Waals surface area contributed by atoms with E-state index in [0.717, 1.165) is 12.8 Å². The van der Waals surface area contributed by atoms with E-state index in [4.69, 9.17) is 5.11 Å². The van der Waals surface area contributed by atoms with Crippen molar-refractivity contribution in [3.8, 4) is 0 Å². The van der Waals surface area contributed by atoms with E-state index in [1.165, 1.54) is 64.2 Å². The van der Waals surface area contributed by atoms with Gasteiger partial charge in [0.2, 0.25) is 0 Å². The summed E-state index contributed by atoms with van der Waals surface area (Å²) in [4.78, 5) is 10.9. The molecule has 1 atom stereocenters. The lowest BCUT2D eigenvalue weighted by molar-refractivity contribution is -0.138. The third-order valence-corrected chi connectivity index (χ3v) is 3.90. The van der Waals surface area contributed by atoms with Crippen LogP contribution in [0.25, 0.3) is 0 Å². The molecule has 0 radical (unpaired) electrons. The molecule has 0 saturated heterocycles. The van der Waals surface area contributed by atoms with Crippen molar-refractivity contribution in [1.29, 1.82) is 0 Å². The molecule has 2 nitrogen and oxygen atoms in total. The van der Waals surface area contributed by atoms with Crippen LogP contribution in [0.4, 0.5) is 0 Å². The fourth-order valence-electron chi connectivity index (χ4n) is 2.67. The molecule has 0 saturated carbocycles. The Morgan fingerprint density at radius 1 is 0.789 bits per heavy atom. The maximum absolute atomic E-state index is 10.9. The molecule has 0 heterocycles. The Labute approximate surface area is 120 Å². The van der Waals surface area contributed by atoms with E-state index in [-0.39, 0.29) is 0 Å². The predicted octanol–water partition coefficient (Wildman–Crippen LogP) is 5.80. The van der Waals surface area contributed by atoms with Crippen molar-refractivity contribution >= 4 is 5.97 Å². The number of aliphatic carboxylic acids is 1. The summed E-state index contributed by atoms with van der Waals surface area (Å²) in [6, 6.07) is 0. The normalized spacial score (nSPS) is 12.5. The molecule has 19 heavy (non-hydrogen) atoms. The van der Waals surface area contributed by atoms with E-state index in [1.807, 2.05) is 0 Å². The molecule has 0 aliphatic heterocycles. The van der Waals surface area contributed by atoms with Gasteiger partial charge in [-0.2, -0.15) is 0 Å². The fraction of sp³-hybridized carbons (Fsp3) is 0.941. The summed E-state index contributed by atoms with van der Waals surface area (Å²) in [5, 5.41) is 8.96. The largest absolute Gasteiger partial charge is 0.481 e. The molecule has 0 aromatic heterocycles. The number of hydrogen-bond acceptors (Lipinski definition) is 1. The number of carbonyl (C=O) groups is 1. The Hall–Kier alpha value is -0.530. The first-order chi connectivity index (χ1) is 9.20. The van der Waals surface area contributed by atoms with Crippen molar-refractivity contribution in [2.45, 2.75) is 97.3 Å². The molecular weight excluding hydrogens is 236 g/mol. The van der Waals surface area contributed by atoms with Crippen molar-refractivity contribution in [1.82, 2.24) is 0 Å². The van der Waals surface area contributed by atoms with E-state index < -0.39 is 5.97 Å². The van der Waals surface area contributed by atoms with E-state index in [2.05, 4.69) is 13.8 Å². The Morgan fingerprint density at radius 3 is 1.68 bits per heavy atom. The maximum atomic E-state index is 10.9. The highest BCUT2D eigenvalue weighted by molar-refractivity contribution is 5.66. The number of rotatable bonds is 14. The summed E-state index contributed by atoms with van der Waals surface area (Å²) in [6.07, 6.45) is 15.4. The molecule has 0 aromatic carbocycles. The van der Waals surface area contributed by atoms with Crippen LogP contribution in [0.2, 0.25) is 0 Å². The number of carboxylic acids is 1. The van der Waals surface area contributed by atoms with Gasteiger partial charge in [0.05, 0.1) is 0 Å². The van der Waals surface area contributed by atoms with Crippen LogP contribution >= 0.6 is 0 Å². The summed E-state index contributed by atoms with van der Waals surface area (Å²) in [5.41, 5.74) is 0. The summed E-state index contributed by atoms with van der Waals surface area (Å²) >= 11 is 0. The zero-order chi connectivity index (χ0) is 14.3. The SMILES string of the molecule is CCCCCCCCC(CCCCCC)CC(=O)O. The van der Waals surface area contributed by atoms with E-state index >= 15 is 0 Å². The lowest BCUT2D eigenvalue weighted by Crippen LogP contribution is -2.08. The Kier molecular flexibility index (Phi) is 13.5. The molecule has 0 bridgehead atoms. The Morgan fingerprint density at radius 2 is 1.21 bits per heavy atom. The van der Waals surface area contributed by atoms with Crippen LogP contribution in [0.15, 0.2) is 0 Å². The highest BCUT2D eigenvalue weighted by Gasteiger charge is 2.12. The van der Waals surface area contributed by atoms with E-state index in [0.29, 0.717) is 12.3 Å². The van der Waals surface area contributed by atoms with Crippen molar-refractivity contribution in [3.05, 3.63) is 0 Å².